The smallest absolute Gasteiger partial charge is 0.326 e. The average Bonchev–Trinajstić information content (AvgIpc) is 3.34. The number of carboxylic acid groups (broad SMARTS) is 1. The van der Waals surface area contributed by atoms with Gasteiger partial charge in [0.2, 0.25) is 5.91 Å². The number of esters is 1. The zero-order valence-corrected chi connectivity index (χ0v) is 16.2. The Balaban J connectivity index is 1.97. The van der Waals surface area contributed by atoms with Crippen molar-refractivity contribution in [1.82, 2.24) is 10.2 Å². The number of amides is 1. The second kappa shape index (κ2) is 9.61. The quantitative estimate of drug-likeness (QED) is 0.478. The fraction of sp³-hybridized carbons (Fsp3) is 0.556. The molecule has 0 radical (unpaired) electrons. The number of nitrogens with one attached hydrogen (secondary N) is 1. The van der Waals surface area contributed by atoms with Gasteiger partial charge in [0.05, 0.1) is 18.0 Å². The molecular formula is C18H24N2O6S. The number of hydrogen-bond acceptors (Lipinski definition) is 7. The van der Waals surface area contributed by atoms with Crippen molar-refractivity contribution < 1.29 is 29.0 Å². The van der Waals surface area contributed by atoms with E-state index < -0.39 is 30.1 Å². The van der Waals surface area contributed by atoms with Crippen molar-refractivity contribution in [2.45, 2.75) is 50.7 Å². The number of aliphatic carboxylic acids is 1. The first-order valence-electron chi connectivity index (χ1n) is 8.79. The highest BCUT2D eigenvalue weighted by Crippen LogP contribution is 2.19. The summed E-state index contributed by atoms with van der Waals surface area (Å²) < 4.78 is 4.77. The van der Waals surface area contributed by atoms with Gasteiger partial charge in [-0.15, -0.1) is 11.3 Å². The lowest BCUT2D eigenvalue weighted by Gasteiger charge is -2.27. The Hall–Kier alpha value is -2.26. The maximum Gasteiger partial charge on any atom is 0.326 e. The summed E-state index contributed by atoms with van der Waals surface area (Å²) in [5.41, 5.74) is 0. The Bertz CT molecular complexity index is 690. The van der Waals surface area contributed by atoms with E-state index in [2.05, 4.69) is 5.32 Å². The normalized spacial score (nSPS) is 18.7. The van der Waals surface area contributed by atoms with Crippen molar-refractivity contribution in [3.8, 4) is 0 Å². The molecule has 9 heteroatoms. The predicted molar refractivity (Wildman–Crippen MR) is 98.7 cm³/mol. The largest absolute Gasteiger partial charge is 0.480 e. The third-order valence-corrected chi connectivity index (χ3v) is 5.50. The number of carboxylic acids is 1. The van der Waals surface area contributed by atoms with E-state index in [1.165, 1.54) is 23.3 Å². The molecule has 1 saturated heterocycles. The first-order chi connectivity index (χ1) is 12.8. The number of carbonyl (C=O) groups is 4. The summed E-state index contributed by atoms with van der Waals surface area (Å²) in [5.74, 6) is -2.05. The van der Waals surface area contributed by atoms with Crippen LogP contribution >= 0.6 is 11.3 Å². The van der Waals surface area contributed by atoms with Crippen LogP contribution in [0.5, 0.6) is 0 Å². The summed E-state index contributed by atoms with van der Waals surface area (Å²) in [6, 6.07) is 1.07. The van der Waals surface area contributed by atoms with Gasteiger partial charge in [-0.2, -0.15) is 0 Å². The van der Waals surface area contributed by atoms with Crippen LogP contribution in [0, 0.1) is 0 Å². The van der Waals surface area contributed by atoms with E-state index in [1.807, 2.05) is 0 Å². The molecule has 2 N–H and O–H groups in total. The number of ether oxygens (including phenoxy) is 1. The van der Waals surface area contributed by atoms with Crippen LogP contribution in [0.25, 0.3) is 0 Å². The number of nitrogens with zero attached hydrogens (tertiary/aromatic N) is 1. The Labute approximate surface area is 161 Å². The molecule has 27 heavy (non-hydrogen) atoms. The fourth-order valence-corrected chi connectivity index (χ4v) is 3.85. The standard InChI is InChI=1S/C18H24N2O6S/c1-11(16(22)20-9-3-5-13(20)17(23)24)19-12(18(25)26-2)7-8-14(21)15-6-4-10-27-15/h4,6,10-13,19H,3,5,7-9H2,1-2H3,(H,23,24)/t11-,12?,13-/m0/s1. The highest BCUT2D eigenvalue weighted by atomic mass is 32.1. The number of methoxy groups -OCH3 is 1. The van der Waals surface area contributed by atoms with Gasteiger partial charge in [-0.1, -0.05) is 6.07 Å². The lowest BCUT2D eigenvalue weighted by atomic mass is 10.1. The SMILES string of the molecule is COC(=O)C(CCC(=O)c1cccs1)N[C@@H](C)C(=O)N1CCC[C@H]1C(=O)O. The van der Waals surface area contributed by atoms with Crippen LogP contribution in [0.1, 0.15) is 42.3 Å². The van der Waals surface area contributed by atoms with Gasteiger partial charge in [0.1, 0.15) is 12.1 Å². The topological polar surface area (TPSA) is 113 Å². The Morgan fingerprint density at radius 2 is 2.15 bits per heavy atom. The molecule has 2 rings (SSSR count). The summed E-state index contributed by atoms with van der Waals surface area (Å²) >= 11 is 1.33. The van der Waals surface area contributed by atoms with Crippen LogP contribution < -0.4 is 5.32 Å². The average molecular weight is 396 g/mol. The van der Waals surface area contributed by atoms with Crippen LogP contribution in [0.2, 0.25) is 0 Å². The molecule has 0 spiro atoms. The minimum Gasteiger partial charge on any atom is -0.480 e. The number of hydrogen-bond donors (Lipinski definition) is 2. The van der Waals surface area contributed by atoms with Gasteiger partial charge in [0, 0.05) is 13.0 Å². The number of rotatable bonds is 9. The molecule has 8 nitrogen and oxygen atoms in total. The van der Waals surface area contributed by atoms with Crippen molar-refractivity contribution in [3.63, 3.8) is 0 Å². The molecule has 0 aliphatic carbocycles. The molecule has 0 saturated carbocycles. The number of ketones is 1. The maximum absolute atomic E-state index is 12.6. The van der Waals surface area contributed by atoms with Gasteiger partial charge in [-0.25, -0.2) is 4.79 Å². The maximum atomic E-state index is 12.6. The molecule has 1 unspecified atom stereocenters. The third kappa shape index (κ3) is 5.36. The molecule has 1 aromatic rings. The molecule has 1 aromatic heterocycles. The lowest BCUT2D eigenvalue weighted by molar-refractivity contribution is -0.150. The van der Waals surface area contributed by atoms with E-state index >= 15 is 0 Å². The van der Waals surface area contributed by atoms with Gasteiger partial charge >= 0.3 is 11.9 Å². The predicted octanol–water partition coefficient (Wildman–Crippen LogP) is 1.31. The molecule has 1 fully saturated rings. The second-order valence-electron chi connectivity index (χ2n) is 6.43. The van der Waals surface area contributed by atoms with Crippen LogP contribution in [-0.2, 0) is 19.1 Å². The molecular weight excluding hydrogens is 372 g/mol. The van der Waals surface area contributed by atoms with Crippen molar-refractivity contribution in [3.05, 3.63) is 22.4 Å². The van der Waals surface area contributed by atoms with Crippen LogP contribution in [0.4, 0.5) is 0 Å². The van der Waals surface area contributed by atoms with E-state index in [9.17, 15) is 24.3 Å². The number of Topliss-reactive ketones (excluding diaryl/α,β-unsaturated/α-hetero) is 1. The molecule has 1 aliphatic heterocycles. The molecule has 3 atom stereocenters. The van der Waals surface area contributed by atoms with Gasteiger partial charge in [0.25, 0.3) is 0 Å². The lowest BCUT2D eigenvalue weighted by Crippen LogP contribution is -2.53. The fourth-order valence-electron chi connectivity index (χ4n) is 3.16. The molecule has 148 valence electrons. The Morgan fingerprint density at radius 1 is 1.41 bits per heavy atom. The van der Waals surface area contributed by atoms with Crippen LogP contribution in [0.15, 0.2) is 17.5 Å². The minimum absolute atomic E-state index is 0.0785. The van der Waals surface area contributed by atoms with Gasteiger partial charge in [-0.05, 0) is 37.6 Å². The number of carbonyl (C=O) groups excluding carboxylic acids is 3. The zero-order valence-electron chi connectivity index (χ0n) is 15.3. The summed E-state index contributed by atoms with van der Waals surface area (Å²) in [5, 5.41) is 13.9. The summed E-state index contributed by atoms with van der Waals surface area (Å²) in [7, 11) is 1.24. The molecule has 0 aromatic carbocycles. The Morgan fingerprint density at radius 3 is 2.74 bits per heavy atom. The van der Waals surface area contributed by atoms with E-state index in [1.54, 1.807) is 24.4 Å². The minimum atomic E-state index is -1.03. The van der Waals surface area contributed by atoms with Crippen LogP contribution in [-0.4, -0.2) is 65.4 Å². The van der Waals surface area contributed by atoms with Gasteiger partial charge in [-0.3, -0.25) is 19.7 Å². The van der Waals surface area contributed by atoms with Crippen molar-refractivity contribution >= 4 is 35.0 Å². The zero-order chi connectivity index (χ0) is 20.0. The van der Waals surface area contributed by atoms with Crippen molar-refractivity contribution in [1.29, 1.82) is 0 Å². The van der Waals surface area contributed by atoms with Crippen molar-refractivity contribution in [2.75, 3.05) is 13.7 Å². The van der Waals surface area contributed by atoms with E-state index in [0.717, 1.165) is 0 Å². The van der Waals surface area contributed by atoms with Gasteiger partial charge in [0.15, 0.2) is 5.78 Å². The molecule has 1 aliphatic rings. The molecule has 1 amide bonds. The second-order valence-corrected chi connectivity index (χ2v) is 7.38. The molecule has 2 heterocycles. The number of thiophene rings is 1. The van der Waals surface area contributed by atoms with E-state index in [-0.39, 0.29) is 24.5 Å². The number of likely N-dealkylation sites (tertiary alicyclic amines) is 1. The van der Waals surface area contributed by atoms with Crippen molar-refractivity contribution in [2.24, 2.45) is 0 Å². The summed E-state index contributed by atoms with van der Waals surface area (Å²) in [6.07, 6.45) is 1.37. The van der Waals surface area contributed by atoms with Gasteiger partial charge < -0.3 is 14.7 Å². The highest BCUT2D eigenvalue weighted by molar-refractivity contribution is 7.12. The van der Waals surface area contributed by atoms with E-state index in [0.29, 0.717) is 24.3 Å². The third-order valence-electron chi connectivity index (χ3n) is 4.58. The molecule has 0 bridgehead atoms. The van der Waals surface area contributed by atoms with Crippen LogP contribution in [0.3, 0.4) is 0 Å². The Kier molecular flexibility index (Phi) is 7.49. The first kappa shape index (κ1) is 21.0. The summed E-state index contributed by atoms with van der Waals surface area (Å²) in [6.45, 7) is 1.96. The first-order valence-corrected chi connectivity index (χ1v) is 9.67. The monoisotopic (exact) mass is 396 g/mol. The highest BCUT2D eigenvalue weighted by Gasteiger charge is 2.37. The summed E-state index contributed by atoms with van der Waals surface area (Å²) in [4.78, 5) is 50.0. The van der Waals surface area contributed by atoms with E-state index in [4.69, 9.17) is 4.74 Å².